The van der Waals surface area contributed by atoms with Crippen LogP contribution >= 0.6 is 0 Å². The normalized spacial score (nSPS) is 16.0. The summed E-state index contributed by atoms with van der Waals surface area (Å²) in [6, 6.07) is 14.5. The maximum atomic E-state index is 12.3. The van der Waals surface area contributed by atoms with E-state index in [9.17, 15) is 13.2 Å². The number of rotatable bonds is 6. The van der Waals surface area contributed by atoms with E-state index in [1.165, 1.54) is 4.31 Å². The van der Waals surface area contributed by atoms with E-state index in [2.05, 4.69) is 5.32 Å². The monoisotopic (exact) mass is 388 g/mol. The predicted octanol–water partition coefficient (Wildman–Crippen LogP) is 2.60. The molecule has 1 saturated heterocycles. The minimum absolute atomic E-state index is 0.170. The van der Waals surface area contributed by atoms with Gasteiger partial charge in [-0.1, -0.05) is 12.1 Å². The van der Waals surface area contributed by atoms with Crippen molar-refractivity contribution in [2.24, 2.45) is 0 Å². The van der Waals surface area contributed by atoms with Crippen molar-refractivity contribution >= 4 is 21.6 Å². The summed E-state index contributed by atoms with van der Waals surface area (Å²) in [5.74, 6) is 0.816. The van der Waals surface area contributed by atoms with Gasteiger partial charge in [-0.05, 0) is 61.2 Å². The first kappa shape index (κ1) is 19.2. The minimum Gasteiger partial charge on any atom is -0.497 e. The first-order valence-corrected chi connectivity index (χ1v) is 10.6. The summed E-state index contributed by atoms with van der Waals surface area (Å²) < 4.78 is 30.9. The zero-order valence-corrected chi connectivity index (χ0v) is 16.2. The fourth-order valence-corrected chi connectivity index (χ4v) is 4.71. The molecule has 2 aromatic carbocycles. The maximum absolute atomic E-state index is 12.3. The molecular weight excluding hydrogens is 364 g/mol. The second-order valence-corrected chi connectivity index (χ2v) is 8.51. The van der Waals surface area contributed by atoms with Gasteiger partial charge < -0.3 is 10.1 Å². The van der Waals surface area contributed by atoms with Crippen molar-refractivity contribution in [3.63, 3.8) is 0 Å². The van der Waals surface area contributed by atoms with Gasteiger partial charge in [0, 0.05) is 18.7 Å². The Balaban J connectivity index is 1.55. The summed E-state index contributed by atoms with van der Waals surface area (Å²) in [4.78, 5) is 12.3. The predicted molar refractivity (Wildman–Crippen MR) is 106 cm³/mol. The van der Waals surface area contributed by atoms with Gasteiger partial charge in [0.25, 0.3) is 5.91 Å². The van der Waals surface area contributed by atoms with E-state index in [0.717, 1.165) is 24.2 Å². The number of benzene rings is 2. The molecule has 0 bridgehead atoms. The number of nitrogens with one attached hydrogen (secondary N) is 1. The molecule has 1 aliphatic heterocycles. The molecule has 1 heterocycles. The molecule has 1 aliphatic rings. The molecule has 0 spiro atoms. The second kappa shape index (κ2) is 8.43. The highest BCUT2D eigenvalue weighted by atomic mass is 32.2. The van der Waals surface area contributed by atoms with E-state index in [-0.39, 0.29) is 11.7 Å². The molecule has 3 rings (SSSR count). The number of hydrogen-bond donors (Lipinski definition) is 1. The van der Waals surface area contributed by atoms with Gasteiger partial charge in [-0.25, -0.2) is 8.42 Å². The molecule has 0 radical (unpaired) electrons. The van der Waals surface area contributed by atoms with Gasteiger partial charge in [0.15, 0.2) is 0 Å². The minimum atomic E-state index is -3.24. The standard InChI is InChI=1S/C20H24N2O4S/c1-26-19-10-4-16(5-11-19)12-13-21-20(23)17-6-8-18(9-7-17)22-14-2-3-15-27(22,24)25/h4-11H,2-3,12-15H2,1H3,(H,21,23). The van der Waals surface area contributed by atoms with E-state index < -0.39 is 10.0 Å². The molecule has 0 aromatic heterocycles. The Kier molecular flexibility index (Phi) is 6.01. The van der Waals surface area contributed by atoms with E-state index in [4.69, 9.17) is 4.74 Å². The molecule has 27 heavy (non-hydrogen) atoms. The van der Waals surface area contributed by atoms with Crippen LogP contribution in [-0.4, -0.2) is 40.3 Å². The fraction of sp³-hybridized carbons (Fsp3) is 0.350. The van der Waals surface area contributed by atoms with Crippen LogP contribution in [0.2, 0.25) is 0 Å². The molecule has 1 fully saturated rings. The lowest BCUT2D eigenvalue weighted by atomic mass is 10.1. The van der Waals surface area contributed by atoms with Gasteiger partial charge >= 0.3 is 0 Å². The SMILES string of the molecule is COc1ccc(CCNC(=O)c2ccc(N3CCCCS3(=O)=O)cc2)cc1. The van der Waals surface area contributed by atoms with Crippen LogP contribution in [0.5, 0.6) is 5.75 Å². The Morgan fingerprint density at radius 2 is 1.78 bits per heavy atom. The molecule has 144 valence electrons. The molecule has 1 amide bonds. The number of amides is 1. The van der Waals surface area contributed by atoms with Crippen LogP contribution in [-0.2, 0) is 16.4 Å². The highest BCUT2D eigenvalue weighted by Gasteiger charge is 2.25. The quantitative estimate of drug-likeness (QED) is 0.825. The van der Waals surface area contributed by atoms with Crippen molar-refractivity contribution < 1.29 is 17.9 Å². The lowest BCUT2D eigenvalue weighted by molar-refractivity contribution is 0.0954. The topological polar surface area (TPSA) is 75.7 Å². The van der Waals surface area contributed by atoms with Crippen molar-refractivity contribution in [3.8, 4) is 5.75 Å². The first-order chi connectivity index (χ1) is 13.0. The Morgan fingerprint density at radius 3 is 2.41 bits per heavy atom. The molecule has 0 unspecified atom stereocenters. The molecule has 1 N–H and O–H groups in total. The Morgan fingerprint density at radius 1 is 1.07 bits per heavy atom. The number of carbonyl (C=O) groups excluding carboxylic acids is 1. The number of sulfonamides is 1. The molecule has 2 aromatic rings. The molecule has 7 heteroatoms. The number of ether oxygens (including phenoxy) is 1. The largest absolute Gasteiger partial charge is 0.497 e. The van der Waals surface area contributed by atoms with Crippen LogP contribution < -0.4 is 14.4 Å². The lowest BCUT2D eigenvalue weighted by Crippen LogP contribution is -2.37. The van der Waals surface area contributed by atoms with Crippen molar-refractivity contribution in [3.05, 3.63) is 59.7 Å². The van der Waals surface area contributed by atoms with E-state index in [0.29, 0.717) is 30.8 Å². The third-order valence-electron chi connectivity index (χ3n) is 4.63. The Hall–Kier alpha value is -2.54. The average molecular weight is 388 g/mol. The summed E-state index contributed by atoms with van der Waals surface area (Å²) in [5, 5.41) is 2.89. The third-order valence-corrected chi connectivity index (χ3v) is 6.49. The number of anilines is 1. The van der Waals surface area contributed by atoms with Crippen LogP contribution in [0.3, 0.4) is 0 Å². The highest BCUT2D eigenvalue weighted by molar-refractivity contribution is 7.92. The van der Waals surface area contributed by atoms with Gasteiger partial charge in [0.05, 0.1) is 18.6 Å². The van der Waals surface area contributed by atoms with Gasteiger partial charge in [0.2, 0.25) is 10.0 Å². The van der Waals surface area contributed by atoms with Crippen LogP contribution in [0, 0.1) is 0 Å². The summed E-state index contributed by atoms with van der Waals surface area (Å²) >= 11 is 0. The fourth-order valence-electron chi connectivity index (χ4n) is 3.07. The van der Waals surface area contributed by atoms with Gasteiger partial charge in [0.1, 0.15) is 5.75 Å². The van der Waals surface area contributed by atoms with Crippen LogP contribution in [0.15, 0.2) is 48.5 Å². The lowest BCUT2D eigenvalue weighted by Gasteiger charge is -2.28. The summed E-state index contributed by atoms with van der Waals surface area (Å²) in [6.45, 7) is 1.02. The van der Waals surface area contributed by atoms with Crippen LogP contribution in [0.25, 0.3) is 0 Å². The molecular formula is C20H24N2O4S. The summed E-state index contributed by atoms with van der Waals surface area (Å²) in [7, 11) is -1.61. The third kappa shape index (κ3) is 4.80. The maximum Gasteiger partial charge on any atom is 0.251 e. The van der Waals surface area contributed by atoms with E-state index >= 15 is 0 Å². The Bertz CT molecular complexity index is 877. The zero-order chi connectivity index (χ0) is 19.3. The molecule has 0 aliphatic carbocycles. The van der Waals surface area contributed by atoms with Crippen molar-refractivity contribution in [2.75, 3.05) is 30.3 Å². The number of methoxy groups -OCH3 is 1. The number of carbonyl (C=O) groups is 1. The number of nitrogens with zero attached hydrogens (tertiary/aromatic N) is 1. The molecule has 0 atom stereocenters. The van der Waals surface area contributed by atoms with Gasteiger partial charge in [-0.3, -0.25) is 9.10 Å². The van der Waals surface area contributed by atoms with E-state index in [1.54, 1.807) is 31.4 Å². The Labute approximate surface area is 160 Å². The second-order valence-electron chi connectivity index (χ2n) is 6.50. The van der Waals surface area contributed by atoms with Crippen molar-refractivity contribution in [1.29, 1.82) is 0 Å². The molecule has 0 saturated carbocycles. The number of hydrogen-bond acceptors (Lipinski definition) is 4. The zero-order valence-electron chi connectivity index (χ0n) is 15.3. The smallest absolute Gasteiger partial charge is 0.251 e. The average Bonchev–Trinajstić information content (AvgIpc) is 2.68. The van der Waals surface area contributed by atoms with Crippen molar-refractivity contribution in [1.82, 2.24) is 5.32 Å². The van der Waals surface area contributed by atoms with Crippen LogP contribution in [0.1, 0.15) is 28.8 Å². The van der Waals surface area contributed by atoms with Crippen molar-refractivity contribution in [2.45, 2.75) is 19.3 Å². The highest BCUT2D eigenvalue weighted by Crippen LogP contribution is 2.23. The first-order valence-electron chi connectivity index (χ1n) is 9.01. The van der Waals surface area contributed by atoms with Gasteiger partial charge in [-0.2, -0.15) is 0 Å². The molecule has 6 nitrogen and oxygen atoms in total. The van der Waals surface area contributed by atoms with Crippen LogP contribution in [0.4, 0.5) is 5.69 Å². The van der Waals surface area contributed by atoms with E-state index in [1.807, 2.05) is 24.3 Å². The van der Waals surface area contributed by atoms with Gasteiger partial charge in [-0.15, -0.1) is 0 Å². The summed E-state index contributed by atoms with van der Waals surface area (Å²) in [6.07, 6.45) is 2.28. The summed E-state index contributed by atoms with van der Waals surface area (Å²) in [5.41, 5.74) is 2.24.